The molecule has 0 radical (unpaired) electrons. The second-order valence-corrected chi connectivity index (χ2v) is 13.7. The van der Waals surface area contributed by atoms with E-state index in [0.29, 0.717) is 30.5 Å². The lowest BCUT2D eigenvalue weighted by molar-refractivity contribution is -0.142. The van der Waals surface area contributed by atoms with Crippen LogP contribution >= 0.6 is 0 Å². The Balaban J connectivity index is 1.39. The summed E-state index contributed by atoms with van der Waals surface area (Å²) < 4.78 is 5.26. The minimum atomic E-state index is -0.151. The molecule has 0 heterocycles. The Morgan fingerprint density at radius 2 is 1.74 bits per heavy atom. The van der Waals surface area contributed by atoms with Crippen LogP contribution in [0.2, 0.25) is 0 Å². The predicted molar refractivity (Wildman–Crippen MR) is 139 cm³/mol. The van der Waals surface area contributed by atoms with Crippen molar-refractivity contribution in [3.05, 3.63) is 0 Å². The van der Waals surface area contributed by atoms with Gasteiger partial charge in [0.25, 0.3) is 0 Å². The van der Waals surface area contributed by atoms with Crippen molar-refractivity contribution in [3.8, 4) is 0 Å². The number of rotatable bonds is 9. The maximum atomic E-state index is 11.2. The van der Waals surface area contributed by atoms with E-state index >= 15 is 0 Å². The number of carbonyl (C=O) groups excluding carboxylic acids is 1. The van der Waals surface area contributed by atoms with Gasteiger partial charge in [0.2, 0.25) is 0 Å². The highest BCUT2D eigenvalue weighted by atomic mass is 16.5. The SMILES string of the molecule is CC(=O)OCC[C@H](CC[C@@H](C)[C@H]1CC[C@H]2[C@@H]3CCC4CCCC[C@]4(CO)[C@H]3CC[C@]12C)C(C)C. The van der Waals surface area contributed by atoms with Crippen LogP contribution in [0.15, 0.2) is 0 Å². The normalized spacial score (nSPS) is 41.3. The largest absolute Gasteiger partial charge is 0.466 e. The highest BCUT2D eigenvalue weighted by Crippen LogP contribution is 2.68. The number of aliphatic hydroxyl groups is 1. The van der Waals surface area contributed by atoms with E-state index in [9.17, 15) is 9.90 Å². The molecule has 0 saturated heterocycles. The van der Waals surface area contributed by atoms with Gasteiger partial charge in [-0.05, 0) is 122 Å². The summed E-state index contributed by atoms with van der Waals surface area (Å²) in [6.07, 6.45) is 17.4. The lowest BCUT2D eigenvalue weighted by Gasteiger charge is -2.61. The molecule has 4 saturated carbocycles. The number of hydrogen-bond donors (Lipinski definition) is 1. The summed E-state index contributed by atoms with van der Waals surface area (Å²) in [5.41, 5.74) is 0.766. The van der Waals surface area contributed by atoms with Crippen molar-refractivity contribution in [2.45, 2.75) is 118 Å². The molecular weight excluding hydrogens is 420 g/mol. The highest BCUT2D eigenvalue weighted by Gasteiger charge is 2.61. The smallest absolute Gasteiger partial charge is 0.302 e. The molecule has 0 spiro atoms. The molecule has 9 atom stereocenters. The van der Waals surface area contributed by atoms with Gasteiger partial charge in [0.1, 0.15) is 0 Å². The van der Waals surface area contributed by atoms with Gasteiger partial charge in [0.15, 0.2) is 0 Å². The summed E-state index contributed by atoms with van der Waals surface area (Å²) in [5.74, 6) is 6.11. The third-order valence-electron chi connectivity index (χ3n) is 12.1. The van der Waals surface area contributed by atoms with Crippen LogP contribution in [0, 0.1) is 58.2 Å². The van der Waals surface area contributed by atoms with Crippen LogP contribution in [0.5, 0.6) is 0 Å². The quantitative estimate of drug-likeness (QED) is 0.349. The number of hydrogen-bond acceptors (Lipinski definition) is 3. The van der Waals surface area contributed by atoms with Gasteiger partial charge in [-0.1, -0.05) is 47.0 Å². The summed E-state index contributed by atoms with van der Waals surface area (Å²) in [4.78, 5) is 11.2. The van der Waals surface area contributed by atoms with Gasteiger partial charge in [-0.3, -0.25) is 4.79 Å². The maximum Gasteiger partial charge on any atom is 0.302 e. The maximum absolute atomic E-state index is 11.2. The van der Waals surface area contributed by atoms with E-state index in [4.69, 9.17) is 4.74 Å². The van der Waals surface area contributed by atoms with Gasteiger partial charge in [0, 0.05) is 13.5 Å². The lowest BCUT2D eigenvalue weighted by Crippen LogP contribution is -2.55. The molecule has 1 N–H and O–H groups in total. The molecule has 196 valence electrons. The average Bonchev–Trinajstić information content (AvgIpc) is 3.17. The van der Waals surface area contributed by atoms with Gasteiger partial charge >= 0.3 is 5.97 Å². The fourth-order valence-corrected chi connectivity index (χ4v) is 10.2. The molecule has 0 aromatic carbocycles. The zero-order valence-electron chi connectivity index (χ0n) is 23.0. The van der Waals surface area contributed by atoms with Gasteiger partial charge in [-0.2, -0.15) is 0 Å². The highest BCUT2D eigenvalue weighted by molar-refractivity contribution is 5.65. The molecule has 0 aromatic rings. The van der Waals surface area contributed by atoms with E-state index in [1.54, 1.807) is 0 Å². The molecule has 4 fully saturated rings. The average molecular weight is 475 g/mol. The Bertz CT molecular complexity index is 688. The molecule has 3 nitrogen and oxygen atoms in total. The minimum Gasteiger partial charge on any atom is -0.466 e. The summed E-state index contributed by atoms with van der Waals surface area (Å²) >= 11 is 0. The van der Waals surface area contributed by atoms with Crippen molar-refractivity contribution in [3.63, 3.8) is 0 Å². The Hall–Kier alpha value is -0.570. The second-order valence-electron chi connectivity index (χ2n) is 13.7. The fourth-order valence-electron chi connectivity index (χ4n) is 10.2. The van der Waals surface area contributed by atoms with Gasteiger partial charge in [-0.25, -0.2) is 0 Å². The molecule has 4 aliphatic carbocycles. The zero-order valence-corrected chi connectivity index (χ0v) is 23.0. The van der Waals surface area contributed by atoms with Gasteiger partial charge in [0.05, 0.1) is 6.61 Å². The Morgan fingerprint density at radius 1 is 0.941 bits per heavy atom. The molecule has 1 unspecified atom stereocenters. The number of aliphatic hydroxyl groups excluding tert-OH is 1. The fraction of sp³-hybridized carbons (Fsp3) is 0.968. The third kappa shape index (κ3) is 4.85. The zero-order chi connectivity index (χ0) is 24.5. The lowest BCUT2D eigenvalue weighted by atomic mass is 9.44. The van der Waals surface area contributed by atoms with Crippen LogP contribution < -0.4 is 0 Å². The topological polar surface area (TPSA) is 46.5 Å². The van der Waals surface area contributed by atoms with Gasteiger partial charge < -0.3 is 9.84 Å². The molecule has 4 aliphatic rings. The van der Waals surface area contributed by atoms with Crippen molar-refractivity contribution < 1.29 is 14.6 Å². The van der Waals surface area contributed by atoms with Crippen molar-refractivity contribution in [1.29, 1.82) is 0 Å². The monoisotopic (exact) mass is 474 g/mol. The van der Waals surface area contributed by atoms with E-state index in [0.717, 1.165) is 41.9 Å². The molecule has 4 rings (SSSR count). The van der Waals surface area contributed by atoms with E-state index in [2.05, 4.69) is 27.7 Å². The van der Waals surface area contributed by atoms with Crippen LogP contribution in [0.4, 0.5) is 0 Å². The first-order valence-corrected chi connectivity index (χ1v) is 15.0. The molecule has 0 amide bonds. The van der Waals surface area contributed by atoms with Gasteiger partial charge in [-0.15, -0.1) is 0 Å². The Labute approximate surface area is 210 Å². The predicted octanol–water partition coefficient (Wildman–Crippen LogP) is 7.65. The Kier molecular flexibility index (Phi) is 8.43. The summed E-state index contributed by atoms with van der Waals surface area (Å²) in [7, 11) is 0. The van der Waals surface area contributed by atoms with Crippen LogP contribution in [0.1, 0.15) is 118 Å². The van der Waals surface area contributed by atoms with E-state index in [1.165, 1.54) is 84.0 Å². The number of esters is 1. The minimum absolute atomic E-state index is 0.151. The van der Waals surface area contributed by atoms with Crippen molar-refractivity contribution in [2.24, 2.45) is 58.2 Å². The number of carbonyl (C=O) groups is 1. The number of fused-ring (bicyclic) bond motifs is 5. The molecule has 34 heavy (non-hydrogen) atoms. The van der Waals surface area contributed by atoms with Crippen LogP contribution in [0.3, 0.4) is 0 Å². The standard InChI is InChI=1S/C31H54O3/c1-21(2)24(16-19-34-23(4)33)10-9-22(3)27-13-14-28-26-12-11-25-8-6-7-17-31(25,20-32)29(26)15-18-30(27,28)5/h21-22,24-29,32H,6-20H2,1-5H3/t22-,24+,25?,26+,27-,28+,29+,30-,31-/m1/s1. The van der Waals surface area contributed by atoms with Crippen molar-refractivity contribution >= 4 is 5.97 Å². The van der Waals surface area contributed by atoms with Crippen LogP contribution in [-0.2, 0) is 9.53 Å². The van der Waals surface area contributed by atoms with Crippen LogP contribution in [0.25, 0.3) is 0 Å². The van der Waals surface area contributed by atoms with E-state index < -0.39 is 0 Å². The molecule has 0 aromatic heterocycles. The first kappa shape index (κ1) is 26.5. The summed E-state index contributed by atoms with van der Waals surface area (Å²) in [6.45, 7) is 12.4. The first-order chi connectivity index (χ1) is 16.2. The van der Waals surface area contributed by atoms with Crippen LogP contribution in [-0.4, -0.2) is 24.3 Å². The summed E-state index contributed by atoms with van der Waals surface area (Å²) in [6, 6.07) is 0. The second kappa shape index (κ2) is 10.8. The first-order valence-electron chi connectivity index (χ1n) is 15.0. The molecule has 3 heteroatoms. The molecule has 0 aliphatic heterocycles. The Morgan fingerprint density at radius 3 is 2.44 bits per heavy atom. The third-order valence-corrected chi connectivity index (χ3v) is 12.1. The molecular formula is C31H54O3. The summed E-state index contributed by atoms with van der Waals surface area (Å²) in [5, 5.41) is 10.7. The number of ether oxygens (including phenoxy) is 1. The van der Waals surface area contributed by atoms with E-state index in [-0.39, 0.29) is 11.4 Å². The van der Waals surface area contributed by atoms with Crippen molar-refractivity contribution in [2.75, 3.05) is 13.2 Å². The molecule has 0 bridgehead atoms. The van der Waals surface area contributed by atoms with E-state index in [1.807, 2.05) is 0 Å². The van der Waals surface area contributed by atoms with Crippen molar-refractivity contribution in [1.82, 2.24) is 0 Å².